The summed E-state index contributed by atoms with van der Waals surface area (Å²) in [5.74, 6) is 0.571. The number of fused-ring (bicyclic) bond motifs is 6. The van der Waals surface area contributed by atoms with Crippen molar-refractivity contribution in [3.63, 3.8) is 0 Å². The van der Waals surface area contributed by atoms with Gasteiger partial charge in [-0.3, -0.25) is 0 Å². The molecule has 1 aliphatic rings. The van der Waals surface area contributed by atoms with Crippen molar-refractivity contribution < 1.29 is 40.2 Å². The van der Waals surface area contributed by atoms with Crippen LogP contribution in [0.3, 0.4) is 0 Å². The van der Waals surface area contributed by atoms with Crippen LogP contribution in [0.2, 0.25) is 0 Å². The molecular weight excluding hydrogens is 1380 g/mol. The molecule has 14 rings (SSSR count). The van der Waals surface area contributed by atoms with E-state index in [0.717, 1.165) is 63.0 Å². The molecule has 418 valence electrons. The zero-order chi connectivity index (χ0) is 56.4. The first kappa shape index (κ1) is 60.1. The second-order valence-electron chi connectivity index (χ2n) is 21.5. The smallest absolute Gasteiger partial charge is 0.0383 e. The molecule has 5 heterocycles. The van der Waals surface area contributed by atoms with Crippen molar-refractivity contribution in [3.05, 3.63) is 302 Å². The Balaban J connectivity index is 0.000000142. The Bertz CT molecular complexity index is 4190. The van der Waals surface area contributed by atoms with Gasteiger partial charge in [-0.15, -0.1) is 125 Å². The molecule has 0 N–H and O–H groups in total. The van der Waals surface area contributed by atoms with Crippen molar-refractivity contribution in [3.8, 4) is 78.4 Å². The predicted octanol–water partition coefficient (Wildman–Crippen LogP) is 19.2. The number of aromatic nitrogens is 5. The number of para-hydroxylation sites is 1. The zero-order valence-electron chi connectivity index (χ0n) is 47.9. The van der Waals surface area contributed by atoms with Crippen molar-refractivity contribution in [1.82, 2.24) is 24.5 Å². The summed E-state index contributed by atoms with van der Waals surface area (Å²) in [7, 11) is 0. The molecule has 0 saturated heterocycles. The molecule has 0 atom stereocenters. The third-order valence-corrected chi connectivity index (χ3v) is 14.8. The molecule has 0 saturated carbocycles. The molecule has 0 amide bonds. The van der Waals surface area contributed by atoms with Crippen molar-refractivity contribution in [1.29, 1.82) is 0 Å². The van der Waals surface area contributed by atoms with Crippen molar-refractivity contribution >= 4 is 21.8 Å². The van der Waals surface area contributed by atoms with Gasteiger partial charge >= 0.3 is 0 Å². The van der Waals surface area contributed by atoms with Crippen LogP contribution in [0, 0.1) is 44.0 Å². The van der Waals surface area contributed by atoms with Gasteiger partial charge in [-0.05, 0) is 117 Å². The molecule has 0 fully saturated rings. The second kappa shape index (κ2) is 27.7. The quantitative estimate of drug-likeness (QED) is 0.142. The Labute approximate surface area is 522 Å². The second-order valence-corrected chi connectivity index (χ2v) is 21.5. The molecule has 0 spiro atoms. The molecule has 5 nitrogen and oxygen atoms in total. The van der Waals surface area contributed by atoms with Gasteiger partial charge in [-0.1, -0.05) is 184 Å². The molecule has 7 heteroatoms. The Kier molecular flexibility index (Phi) is 19.8. The number of hydrogen-bond acceptors (Lipinski definition) is 4. The van der Waals surface area contributed by atoms with E-state index in [1.165, 1.54) is 66.3 Å². The Morgan fingerprint density at radius 2 is 0.917 bits per heavy atom. The fourth-order valence-corrected chi connectivity index (χ4v) is 10.8. The van der Waals surface area contributed by atoms with Crippen LogP contribution in [0.1, 0.15) is 50.2 Å². The molecule has 2 radical (unpaired) electrons. The summed E-state index contributed by atoms with van der Waals surface area (Å²) in [4.78, 5) is 18.1. The molecule has 0 unspecified atom stereocenters. The first-order valence-electron chi connectivity index (χ1n) is 28.0. The van der Waals surface area contributed by atoms with Crippen LogP contribution in [-0.2, 0) is 52.2 Å². The minimum absolute atomic E-state index is 0. The Hall–Kier alpha value is -8.54. The predicted molar refractivity (Wildman–Crippen MR) is 340 cm³/mol. The number of pyridine rings is 4. The largest absolute Gasteiger partial charge is 0.358 e. The van der Waals surface area contributed by atoms with E-state index in [1.807, 2.05) is 123 Å². The monoisotopic (exact) mass is 1440 g/mol. The minimum atomic E-state index is -0.00713. The first-order chi connectivity index (χ1) is 40.1. The van der Waals surface area contributed by atoms with Crippen LogP contribution < -0.4 is 0 Å². The van der Waals surface area contributed by atoms with Crippen LogP contribution in [0.25, 0.3) is 100 Å². The van der Waals surface area contributed by atoms with Gasteiger partial charge in [-0.2, -0.15) is 0 Å². The molecule has 1 aliphatic carbocycles. The maximum Gasteiger partial charge on any atom is 0.0383 e. The van der Waals surface area contributed by atoms with E-state index in [1.54, 1.807) is 0 Å². The molecule has 0 bridgehead atoms. The van der Waals surface area contributed by atoms with E-state index in [-0.39, 0.29) is 45.6 Å². The molecule has 5 aromatic heterocycles. The SMILES string of the molecule is CC(C)Cn1c2ccccc2c2c[c-]c(-c3cc(-c4ccccc4)ccn3)cc21.CC1(C)c2ccccc2-c2c[c-]c(-c3cc(-c4ccccc4)ccn3)cc21.Cc1cccc(-c2[c-]cccc2)n1.Cc1cccc(-c2[c-]cccc2)n1.[Ir].[Ir]. The van der Waals surface area contributed by atoms with Gasteiger partial charge in [0.2, 0.25) is 0 Å². The van der Waals surface area contributed by atoms with Crippen molar-refractivity contribution in [2.45, 2.75) is 53.5 Å². The van der Waals surface area contributed by atoms with E-state index in [9.17, 15) is 0 Å². The fraction of sp³-hybridized carbons (Fsp3) is 0.117. The van der Waals surface area contributed by atoms with E-state index >= 15 is 0 Å². The molecular formula is C77H63Ir2N5-4. The van der Waals surface area contributed by atoms with Crippen LogP contribution in [0.5, 0.6) is 0 Å². The minimum Gasteiger partial charge on any atom is -0.358 e. The van der Waals surface area contributed by atoms with Crippen molar-refractivity contribution in [2.24, 2.45) is 5.92 Å². The Morgan fingerprint density at radius 3 is 1.46 bits per heavy atom. The number of rotatable bonds is 8. The topological polar surface area (TPSA) is 56.5 Å². The van der Waals surface area contributed by atoms with Gasteiger partial charge < -0.3 is 24.5 Å². The molecule has 8 aromatic carbocycles. The van der Waals surface area contributed by atoms with E-state index in [2.05, 4.69) is 222 Å². The van der Waals surface area contributed by atoms with E-state index in [4.69, 9.17) is 0 Å². The summed E-state index contributed by atoms with van der Waals surface area (Å²) in [6, 6.07) is 96.4. The van der Waals surface area contributed by atoms with E-state index < -0.39 is 0 Å². The number of hydrogen-bond donors (Lipinski definition) is 0. The van der Waals surface area contributed by atoms with Crippen LogP contribution >= 0.6 is 0 Å². The average molecular weight is 1440 g/mol. The van der Waals surface area contributed by atoms with Gasteiger partial charge in [0, 0.05) is 76.1 Å². The summed E-state index contributed by atoms with van der Waals surface area (Å²) in [5, 5.41) is 2.54. The zero-order valence-corrected chi connectivity index (χ0v) is 52.7. The van der Waals surface area contributed by atoms with Crippen LogP contribution in [0.4, 0.5) is 0 Å². The van der Waals surface area contributed by atoms with Gasteiger partial charge in [0.25, 0.3) is 0 Å². The van der Waals surface area contributed by atoms with Gasteiger partial charge in [0.1, 0.15) is 0 Å². The summed E-state index contributed by atoms with van der Waals surface area (Å²) in [5.41, 5.74) is 22.8. The maximum atomic E-state index is 4.65. The summed E-state index contributed by atoms with van der Waals surface area (Å²) in [6.07, 6.45) is 3.78. The summed E-state index contributed by atoms with van der Waals surface area (Å²) >= 11 is 0. The average Bonchev–Trinajstić information content (AvgIpc) is 2.16. The van der Waals surface area contributed by atoms with Gasteiger partial charge in [0.05, 0.1) is 0 Å². The fourth-order valence-electron chi connectivity index (χ4n) is 10.8. The Morgan fingerprint density at radius 1 is 0.405 bits per heavy atom. The molecule has 13 aromatic rings. The van der Waals surface area contributed by atoms with Crippen molar-refractivity contribution in [2.75, 3.05) is 0 Å². The third-order valence-electron chi connectivity index (χ3n) is 14.8. The maximum absolute atomic E-state index is 4.65. The summed E-state index contributed by atoms with van der Waals surface area (Å²) < 4.78 is 2.44. The van der Waals surface area contributed by atoms with Gasteiger partial charge in [0.15, 0.2) is 0 Å². The van der Waals surface area contributed by atoms with E-state index in [0.29, 0.717) is 5.92 Å². The molecule has 84 heavy (non-hydrogen) atoms. The first-order valence-corrected chi connectivity index (χ1v) is 28.0. The number of benzene rings is 8. The normalized spacial score (nSPS) is 11.5. The van der Waals surface area contributed by atoms with Crippen LogP contribution in [-0.4, -0.2) is 24.5 Å². The van der Waals surface area contributed by atoms with Gasteiger partial charge in [-0.25, -0.2) is 0 Å². The number of nitrogens with zero attached hydrogens (tertiary/aromatic N) is 5. The number of aryl methyl sites for hydroxylation is 2. The molecule has 0 aliphatic heterocycles. The summed E-state index contributed by atoms with van der Waals surface area (Å²) in [6.45, 7) is 14.1. The van der Waals surface area contributed by atoms with Crippen LogP contribution in [0.15, 0.2) is 255 Å². The third kappa shape index (κ3) is 13.8. The standard InChI is InChI=1S/C27H23N2.C26H20N.2C12H10N.2Ir/c1-19(2)18-29-26-11-7-6-10-23(26)24-13-12-22(17-27(24)29)25-16-21(14-15-28-25)20-8-4-3-5-9-20;1-26(2)23-11-7-6-10-21(23)22-13-12-20(16-24(22)26)25-17-19(14-15-27-25)18-8-4-3-5-9-18;2*1-10-6-5-9-12(13-10)11-7-3-2-4-8-11;;/h3-11,13-17,19H,18H2,1-2H3;3-11,13-17H,1-2H3;2*2-7,9H,1H3;;/q4*-1;;.